The van der Waals surface area contributed by atoms with Crippen molar-refractivity contribution in [3.63, 3.8) is 0 Å². The molecule has 3 aromatic rings. The van der Waals surface area contributed by atoms with Crippen LogP contribution in [0.5, 0.6) is 0 Å². The largest absolute Gasteiger partial charge is 0.355 e. The lowest BCUT2D eigenvalue weighted by atomic mass is 10.1. The van der Waals surface area contributed by atoms with Crippen LogP contribution in [0.4, 0.5) is 5.69 Å². The molecule has 0 unspecified atom stereocenters. The Bertz CT molecular complexity index is 1160. The van der Waals surface area contributed by atoms with E-state index in [1.165, 1.54) is 23.9 Å². The molecule has 0 aliphatic rings. The van der Waals surface area contributed by atoms with Gasteiger partial charge in [-0.15, -0.1) is 0 Å². The molecular weight excluding hydrogens is 493 g/mol. The van der Waals surface area contributed by atoms with Gasteiger partial charge in [0.05, 0.1) is 22.0 Å². The van der Waals surface area contributed by atoms with E-state index in [0.717, 1.165) is 0 Å². The number of hydrogen-bond acceptors (Lipinski definition) is 4. The third-order valence-electron chi connectivity index (χ3n) is 4.07. The van der Waals surface area contributed by atoms with Crippen LogP contribution < -0.4 is 10.6 Å². The number of halogens is 3. The van der Waals surface area contributed by atoms with E-state index in [1.807, 2.05) is 0 Å². The monoisotopic (exact) mass is 507 g/mol. The van der Waals surface area contributed by atoms with E-state index in [-0.39, 0.29) is 11.5 Å². The molecule has 0 spiro atoms. The van der Waals surface area contributed by atoms with Gasteiger partial charge in [-0.3, -0.25) is 9.59 Å². The molecule has 2 aromatic heterocycles. The Kier molecular flexibility index (Phi) is 6.91. The maximum atomic E-state index is 12.6. The van der Waals surface area contributed by atoms with Gasteiger partial charge in [-0.05, 0) is 64.8 Å². The van der Waals surface area contributed by atoms with Crippen LogP contribution >= 0.6 is 39.1 Å². The number of aromatic nitrogens is 3. The van der Waals surface area contributed by atoms with E-state index < -0.39 is 5.91 Å². The third kappa shape index (κ3) is 4.89. The van der Waals surface area contributed by atoms with E-state index in [4.69, 9.17) is 23.2 Å². The molecule has 2 heterocycles. The Morgan fingerprint density at radius 1 is 1.23 bits per heavy atom. The van der Waals surface area contributed by atoms with Crippen LogP contribution in [0.15, 0.2) is 47.2 Å². The van der Waals surface area contributed by atoms with Crippen LogP contribution in [-0.2, 0) is 4.79 Å². The number of rotatable bonds is 5. The molecule has 0 fully saturated rings. The van der Waals surface area contributed by atoms with Gasteiger partial charge in [0, 0.05) is 24.3 Å². The van der Waals surface area contributed by atoms with Crippen molar-refractivity contribution in [2.75, 3.05) is 12.4 Å². The highest BCUT2D eigenvalue weighted by Gasteiger charge is 2.16. The number of hydrogen-bond donors (Lipinski definition) is 2. The van der Waals surface area contributed by atoms with Gasteiger partial charge in [0.2, 0.25) is 5.91 Å². The average molecular weight is 509 g/mol. The molecular formula is C20H16BrCl2N5O2. The first-order valence-corrected chi connectivity index (χ1v) is 10.2. The van der Waals surface area contributed by atoms with Crippen molar-refractivity contribution < 1.29 is 9.59 Å². The first-order valence-electron chi connectivity index (χ1n) is 8.68. The van der Waals surface area contributed by atoms with E-state index in [9.17, 15) is 9.59 Å². The van der Waals surface area contributed by atoms with Crippen molar-refractivity contribution in [3.05, 3.63) is 74.1 Å². The fourth-order valence-electron chi connectivity index (χ4n) is 2.74. The summed E-state index contributed by atoms with van der Waals surface area (Å²) in [4.78, 5) is 29.0. The molecule has 0 aliphatic carbocycles. The number of carbonyl (C=O) groups is 2. The van der Waals surface area contributed by atoms with Gasteiger partial charge in [-0.25, -0.2) is 9.67 Å². The molecule has 30 heavy (non-hydrogen) atoms. The van der Waals surface area contributed by atoms with Gasteiger partial charge in [0.15, 0.2) is 5.82 Å². The molecule has 3 rings (SSSR count). The Morgan fingerprint density at radius 3 is 2.70 bits per heavy atom. The highest BCUT2D eigenvalue weighted by molar-refractivity contribution is 9.10. The predicted molar refractivity (Wildman–Crippen MR) is 121 cm³/mol. The van der Waals surface area contributed by atoms with Crippen LogP contribution in [0.1, 0.15) is 21.6 Å². The molecule has 1 aromatic carbocycles. The van der Waals surface area contributed by atoms with Crippen LogP contribution in [-0.4, -0.2) is 33.6 Å². The van der Waals surface area contributed by atoms with Crippen LogP contribution in [0.3, 0.4) is 0 Å². The van der Waals surface area contributed by atoms with Crippen molar-refractivity contribution in [2.45, 2.75) is 6.92 Å². The standard InChI is InChI=1S/C20H16BrCl2N5O2/c1-11-8-12(22)9-14(20(30)24-2)18(11)26-17(29)6-5-13-10-16(21)27-28(13)19-15(23)4-3-7-25-19/h3-10H,1-2H3,(H,24,30)(H,26,29). The van der Waals surface area contributed by atoms with E-state index in [1.54, 1.807) is 43.5 Å². The molecule has 2 amide bonds. The van der Waals surface area contributed by atoms with Gasteiger partial charge in [0.1, 0.15) is 4.60 Å². The molecule has 0 radical (unpaired) electrons. The Hall–Kier alpha value is -2.68. The van der Waals surface area contributed by atoms with Crippen molar-refractivity contribution in [3.8, 4) is 5.82 Å². The van der Waals surface area contributed by atoms with E-state index >= 15 is 0 Å². The molecule has 0 saturated carbocycles. The lowest BCUT2D eigenvalue weighted by molar-refractivity contribution is -0.111. The Morgan fingerprint density at radius 2 is 2.00 bits per heavy atom. The molecule has 0 saturated heterocycles. The molecule has 154 valence electrons. The quantitative estimate of drug-likeness (QED) is 0.490. The summed E-state index contributed by atoms with van der Waals surface area (Å²) in [5.74, 6) is -0.353. The average Bonchev–Trinajstić information content (AvgIpc) is 3.08. The second-order valence-corrected chi connectivity index (χ2v) is 7.82. The minimum atomic E-state index is -0.429. The number of amides is 2. The number of benzene rings is 1. The zero-order valence-corrected chi connectivity index (χ0v) is 19.0. The normalized spacial score (nSPS) is 11.0. The van der Waals surface area contributed by atoms with Gasteiger partial charge >= 0.3 is 0 Å². The summed E-state index contributed by atoms with van der Waals surface area (Å²) in [6, 6.07) is 8.30. The van der Waals surface area contributed by atoms with Gasteiger partial charge in [0.25, 0.3) is 5.91 Å². The zero-order valence-electron chi connectivity index (χ0n) is 15.9. The molecule has 0 aliphatic heterocycles. The van der Waals surface area contributed by atoms with Crippen LogP contribution in [0, 0.1) is 6.92 Å². The van der Waals surface area contributed by atoms with Crippen molar-refractivity contribution in [1.29, 1.82) is 0 Å². The second-order valence-electron chi connectivity index (χ2n) is 6.16. The lowest BCUT2D eigenvalue weighted by Crippen LogP contribution is -2.21. The van der Waals surface area contributed by atoms with Gasteiger partial charge < -0.3 is 10.6 Å². The second kappa shape index (κ2) is 9.42. The number of nitrogens with zero attached hydrogens (tertiary/aromatic N) is 3. The summed E-state index contributed by atoms with van der Waals surface area (Å²) in [6.07, 6.45) is 4.50. The maximum absolute atomic E-state index is 12.6. The Labute approximate surface area is 191 Å². The van der Waals surface area contributed by atoms with Crippen LogP contribution in [0.25, 0.3) is 11.9 Å². The van der Waals surface area contributed by atoms with Crippen molar-refractivity contribution in [1.82, 2.24) is 20.1 Å². The first-order chi connectivity index (χ1) is 14.3. The minimum Gasteiger partial charge on any atom is -0.355 e. The van der Waals surface area contributed by atoms with Gasteiger partial charge in [-0.2, -0.15) is 5.10 Å². The highest BCUT2D eigenvalue weighted by atomic mass is 79.9. The molecule has 0 bridgehead atoms. The topological polar surface area (TPSA) is 88.9 Å². The maximum Gasteiger partial charge on any atom is 0.253 e. The number of pyridine rings is 1. The summed E-state index contributed by atoms with van der Waals surface area (Å²) in [5.41, 5.74) is 1.90. The number of nitrogens with one attached hydrogen (secondary N) is 2. The highest BCUT2D eigenvalue weighted by Crippen LogP contribution is 2.26. The van der Waals surface area contributed by atoms with E-state index in [2.05, 4.69) is 36.6 Å². The summed E-state index contributed by atoms with van der Waals surface area (Å²) < 4.78 is 2.07. The zero-order chi connectivity index (χ0) is 21.8. The van der Waals surface area contributed by atoms with E-state index in [0.29, 0.717) is 37.4 Å². The summed E-state index contributed by atoms with van der Waals surface area (Å²) >= 11 is 15.6. The number of aryl methyl sites for hydroxylation is 1. The number of carbonyl (C=O) groups excluding carboxylic acids is 2. The smallest absolute Gasteiger partial charge is 0.253 e. The summed E-state index contributed by atoms with van der Waals surface area (Å²) in [5, 5.41) is 10.4. The molecule has 2 N–H and O–H groups in total. The fraction of sp³-hybridized carbons (Fsp3) is 0.100. The first kappa shape index (κ1) is 22.0. The predicted octanol–water partition coefficient (Wildman–Crippen LogP) is 4.66. The lowest BCUT2D eigenvalue weighted by Gasteiger charge is -2.13. The SMILES string of the molecule is CNC(=O)c1cc(Cl)cc(C)c1NC(=O)C=Cc1cc(Br)nn1-c1ncccc1Cl. The fourth-order valence-corrected chi connectivity index (χ4v) is 3.60. The third-order valence-corrected chi connectivity index (χ3v) is 4.97. The van der Waals surface area contributed by atoms with Crippen LogP contribution in [0.2, 0.25) is 10.0 Å². The molecule has 10 heteroatoms. The summed E-state index contributed by atoms with van der Waals surface area (Å²) in [7, 11) is 1.51. The van der Waals surface area contributed by atoms with Gasteiger partial charge in [-0.1, -0.05) is 23.2 Å². The summed E-state index contributed by atoms with van der Waals surface area (Å²) in [6.45, 7) is 1.76. The van der Waals surface area contributed by atoms with Crippen molar-refractivity contribution >= 4 is 62.7 Å². The molecule has 0 atom stereocenters. The molecule has 7 nitrogen and oxygen atoms in total. The van der Waals surface area contributed by atoms with Crippen molar-refractivity contribution in [2.24, 2.45) is 0 Å². The minimum absolute atomic E-state index is 0.275. The Balaban J connectivity index is 1.89. The number of anilines is 1.